The zero-order valence-corrected chi connectivity index (χ0v) is 19.1. The van der Waals surface area contributed by atoms with Gasteiger partial charge in [-0.1, -0.05) is 29.8 Å². The number of benzene rings is 2. The molecular weight excluding hydrogens is 384 g/mol. The highest BCUT2D eigenvalue weighted by molar-refractivity contribution is 6.08. The Morgan fingerprint density at radius 1 is 1.13 bits per heavy atom. The minimum absolute atomic E-state index is 0.139. The van der Waals surface area contributed by atoms with Crippen LogP contribution in [0.2, 0.25) is 0 Å². The number of aryl methyl sites for hydroxylation is 2. The quantitative estimate of drug-likeness (QED) is 0.566. The fourth-order valence-corrected chi connectivity index (χ4v) is 4.82. The highest BCUT2D eigenvalue weighted by Crippen LogP contribution is 2.44. The second-order valence-corrected chi connectivity index (χ2v) is 8.89. The number of carbonyl (C=O) groups is 1. The van der Waals surface area contributed by atoms with E-state index in [2.05, 4.69) is 79.6 Å². The van der Waals surface area contributed by atoms with Gasteiger partial charge in [-0.05, 0) is 63.2 Å². The third kappa shape index (κ3) is 3.73. The van der Waals surface area contributed by atoms with E-state index in [9.17, 15) is 10.1 Å². The molecule has 0 aliphatic carbocycles. The van der Waals surface area contributed by atoms with Crippen LogP contribution in [0.3, 0.4) is 0 Å². The van der Waals surface area contributed by atoms with Crippen molar-refractivity contribution in [2.45, 2.75) is 33.7 Å². The van der Waals surface area contributed by atoms with Crippen LogP contribution in [-0.2, 0) is 17.8 Å². The van der Waals surface area contributed by atoms with Crippen LogP contribution in [0.4, 0.5) is 5.69 Å². The zero-order chi connectivity index (χ0) is 22.3. The summed E-state index contributed by atoms with van der Waals surface area (Å²) in [6.07, 6.45) is 0.139. The number of aromatic nitrogens is 1. The van der Waals surface area contributed by atoms with Crippen molar-refractivity contribution in [1.82, 2.24) is 9.47 Å². The lowest BCUT2D eigenvalue weighted by molar-refractivity contribution is -0.113. The summed E-state index contributed by atoms with van der Waals surface area (Å²) in [6.45, 7) is 10.2. The van der Waals surface area contributed by atoms with E-state index in [1.807, 2.05) is 6.07 Å². The van der Waals surface area contributed by atoms with Gasteiger partial charge in [-0.3, -0.25) is 4.79 Å². The lowest BCUT2D eigenvalue weighted by Crippen LogP contribution is -2.37. The first kappa shape index (κ1) is 21.1. The van der Waals surface area contributed by atoms with E-state index >= 15 is 0 Å². The number of rotatable bonds is 6. The Morgan fingerprint density at radius 2 is 1.84 bits per heavy atom. The van der Waals surface area contributed by atoms with Gasteiger partial charge >= 0.3 is 0 Å². The second kappa shape index (κ2) is 8.20. The van der Waals surface area contributed by atoms with Crippen LogP contribution in [0.25, 0.3) is 22.0 Å². The molecule has 0 N–H and O–H groups in total. The predicted octanol–water partition coefficient (Wildman–Crippen LogP) is 4.25. The molecule has 0 spiro atoms. The molecule has 31 heavy (non-hydrogen) atoms. The van der Waals surface area contributed by atoms with Gasteiger partial charge in [0, 0.05) is 43.7 Å². The summed E-state index contributed by atoms with van der Waals surface area (Å²) in [5.74, 6) is -0.394. The van der Waals surface area contributed by atoms with Crippen LogP contribution < -0.4 is 4.90 Å². The van der Waals surface area contributed by atoms with Crippen LogP contribution in [0, 0.1) is 32.1 Å². The van der Waals surface area contributed by atoms with E-state index in [4.69, 9.17) is 0 Å². The molecule has 0 bridgehead atoms. The maximum absolute atomic E-state index is 12.3. The van der Waals surface area contributed by atoms with E-state index in [1.165, 1.54) is 27.8 Å². The first-order valence-corrected chi connectivity index (χ1v) is 10.9. The number of hydrogen-bond acceptors (Lipinski definition) is 4. The number of hydrogen-bond donors (Lipinski definition) is 0. The molecule has 5 heteroatoms. The molecule has 2 heterocycles. The van der Waals surface area contributed by atoms with Crippen molar-refractivity contribution >= 4 is 22.4 Å². The highest BCUT2D eigenvalue weighted by Gasteiger charge is 2.28. The summed E-state index contributed by atoms with van der Waals surface area (Å²) in [4.78, 5) is 17.0. The minimum Gasteiger partial charge on any atom is -0.367 e. The minimum atomic E-state index is -0.394. The van der Waals surface area contributed by atoms with Crippen LogP contribution in [0.1, 0.15) is 22.4 Å². The van der Waals surface area contributed by atoms with Crippen molar-refractivity contribution in [2.75, 3.05) is 38.6 Å². The fourth-order valence-electron chi connectivity index (χ4n) is 4.82. The second-order valence-electron chi connectivity index (χ2n) is 8.89. The lowest BCUT2D eigenvalue weighted by atomic mass is 9.87. The van der Waals surface area contributed by atoms with Gasteiger partial charge < -0.3 is 14.4 Å². The molecule has 1 aliphatic rings. The third-order valence-electron chi connectivity index (χ3n) is 6.44. The monoisotopic (exact) mass is 414 g/mol. The van der Waals surface area contributed by atoms with Gasteiger partial charge in [0.1, 0.15) is 6.07 Å². The van der Waals surface area contributed by atoms with Gasteiger partial charge in [0.25, 0.3) is 0 Å². The van der Waals surface area contributed by atoms with Crippen molar-refractivity contribution in [3.8, 4) is 17.2 Å². The molecule has 0 fully saturated rings. The Kier molecular flexibility index (Phi) is 5.60. The SMILES string of the molecule is Cc1ccc(-c2c(CC(=O)C#N)c(C)c3c4c2cc(C)n4CCN3CCN(C)C)cc1. The van der Waals surface area contributed by atoms with E-state index in [0.717, 1.165) is 48.4 Å². The van der Waals surface area contributed by atoms with E-state index in [1.54, 1.807) is 0 Å². The molecule has 0 radical (unpaired) electrons. The Bertz CT molecular complexity index is 1200. The summed E-state index contributed by atoms with van der Waals surface area (Å²) in [6, 6.07) is 12.6. The first-order valence-electron chi connectivity index (χ1n) is 10.9. The molecule has 2 aromatic carbocycles. The van der Waals surface area contributed by atoms with E-state index in [0.29, 0.717) is 0 Å². The summed E-state index contributed by atoms with van der Waals surface area (Å²) in [5, 5.41) is 10.4. The summed E-state index contributed by atoms with van der Waals surface area (Å²) < 4.78 is 2.41. The van der Waals surface area contributed by atoms with Crippen LogP contribution in [-0.4, -0.2) is 49.0 Å². The van der Waals surface area contributed by atoms with Crippen molar-refractivity contribution in [1.29, 1.82) is 5.26 Å². The molecule has 1 aliphatic heterocycles. The van der Waals surface area contributed by atoms with Crippen LogP contribution in [0.5, 0.6) is 0 Å². The fraction of sp³-hybridized carbons (Fsp3) is 0.385. The standard InChI is InChI=1S/C26H30N4O/c1-17-6-8-20(9-7-17)24-22(15-21(31)16-27)19(3)25-26-23(24)14-18(2)30(26)13-12-29(25)11-10-28(4)5/h6-9,14H,10-13,15H2,1-5H3. The summed E-state index contributed by atoms with van der Waals surface area (Å²) >= 11 is 0. The topological polar surface area (TPSA) is 52.3 Å². The summed E-state index contributed by atoms with van der Waals surface area (Å²) in [7, 11) is 4.19. The van der Waals surface area contributed by atoms with E-state index in [-0.39, 0.29) is 6.42 Å². The van der Waals surface area contributed by atoms with Gasteiger partial charge in [-0.25, -0.2) is 0 Å². The number of anilines is 1. The number of nitriles is 1. The molecular formula is C26H30N4O. The summed E-state index contributed by atoms with van der Waals surface area (Å²) in [5.41, 5.74) is 9.19. The average Bonchev–Trinajstić information content (AvgIpc) is 3.07. The normalized spacial score (nSPS) is 13.1. The van der Waals surface area contributed by atoms with Crippen molar-refractivity contribution in [3.05, 3.63) is 52.7 Å². The van der Waals surface area contributed by atoms with Crippen molar-refractivity contribution < 1.29 is 4.79 Å². The molecule has 1 aromatic heterocycles. The molecule has 0 unspecified atom stereocenters. The molecule has 5 nitrogen and oxygen atoms in total. The van der Waals surface area contributed by atoms with Gasteiger partial charge in [-0.2, -0.15) is 5.26 Å². The van der Waals surface area contributed by atoms with Gasteiger partial charge in [0.2, 0.25) is 5.78 Å². The largest absolute Gasteiger partial charge is 0.367 e. The molecule has 3 aromatic rings. The molecule has 0 atom stereocenters. The number of ketones is 1. The van der Waals surface area contributed by atoms with Gasteiger partial charge in [0.15, 0.2) is 0 Å². The predicted molar refractivity (Wildman–Crippen MR) is 127 cm³/mol. The highest BCUT2D eigenvalue weighted by atomic mass is 16.1. The third-order valence-corrected chi connectivity index (χ3v) is 6.44. The Hall–Kier alpha value is -3.10. The lowest BCUT2D eigenvalue weighted by Gasteiger charge is -2.35. The van der Waals surface area contributed by atoms with Crippen LogP contribution >= 0.6 is 0 Å². The maximum atomic E-state index is 12.3. The smallest absolute Gasteiger partial charge is 0.236 e. The Labute approximate surface area is 184 Å². The Morgan fingerprint density at radius 3 is 2.48 bits per heavy atom. The maximum Gasteiger partial charge on any atom is 0.236 e. The van der Waals surface area contributed by atoms with Gasteiger partial charge in [0.05, 0.1) is 11.2 Å². The average molecular weight is 415 g/mol. The van der Waals surface area contributed by atoms with Crippen LogP contribution in [0.15, 0.2) is 30.3 Å². The first-order chi connectivity index (χ1) is 14.8. The molecule has 4 rings (SSSR count). The molecule has 160 valence electrons. The van der Waals surface area contributed by atoms with Crippen molar-refractivity contribution in [3.63, 3.8) is 0 Å². The zero-order valence-electron chi connectivity index (χ0n) is 19.1. The number of Topliss-reactive ketones (excluding diaryl/α,β-unsaturated/α-hetero) is 1. The van der Waals surface area contributed by atoms with E-state index < -0.39 is 5.78 Å². The Balaban J connectivity index is 2.03. The molecule has 0 amide bonds. The number of likely N-dealkylation sites (N-methyl/N-ethyl adjacent to an activating group) is 1. The number of nitrogens with zero attached hydrogens (tertiary/aromatic N) is 4. The van der Waals surface area contributed by atoms with Gasteiger partial charge in [-0.15, -0.1) is 0 Å². The number of carbonyl (C=O) groups excluding carboxylic acids is 1. The molecule has 0 saturated heterocycles. The van der Waals surface area contributed by atoms with Crippen molar-refractivity contribution in [2.24, 2.45) is 0 Å². The molecule has 0 saturated carbocycles.